The minimum absolute atomic E-state index is 0.0204. The largest absolute Gasteiger partial charge is 0.493 e. The van der Waals surface area contributed by atoms with Crippen LogP contribution < -0.4 is 24.3 Å². The number of hydrogen-bond donors (Lipinski definition) is 1. The molecule has 88 heavy (non-hydrogen) atoms. The van der Waals surface area contributed by atoms with Crippen LogP contribution in [0.25, 0.3) is 43.8 Å². The van der Waals surface area contributed by atoms with E-state index in [4.69, 9.17) is 43.7 Å². The van der Waals surface area contributed by atoms with Crippen molar-refractivity contribution >= 4 is 51.3 Å². The van der Waals surface area contributed by atoms with E-state index in [0.717, 1.165) is 49.4 Å². The number of fused-ring (bicyclic) bond motifs is 2. The summed E-state index contributed by atoms with van der Waals surface area (Å²) in [5.74, 6) is -2.89. The van der Waals surface area contributed by atoms with Crippen molar-refractivity contribution in [2.45, 2.75) is 45.1 Å². The molecule has 0 heterocycles. The summed E-state index contributed by atoms with van der Waals surface area (Å²) in [6.07, 6.45) is 1.16. The second kappa shape index (κ2) is 29.4. The molecule has 9 aromatic carbocycles. The molecule has 0 spiro atoms. The Morgan fingerprint density at radius 2 is 0.841 bits per heavy atom. The van der Waals surface area contributed by atoms with Crippen molar-refractivity contribution in [3.05, 3.63) is 228 Å². The normalized spacial score (nSPS) is 14.7. The van der Waals surface area contributed by atoms with Gasteiger partial charge in [0, 0.05) is 18.4 Å². The van der Waals surface area contributed by atoms with Crippen molar-refractivity contribution in [2.75, 3.05) is 39.6 Å². The van der Waals surface area contributed by atoms with Crippen molar-refractivity contribution in [1.82, 2.24) is 5.32 Å². The Morgan fingerprint density at radius 1 is 0.432 bits per heavy atom. The first-order chi connectivity index (χ1) is 42.9. The van der Waals surface area contributed by atoms with Crippen LogP contribution in [-0.2, 0) is 28.6 Å². The van der Waals surface area contributed by atoms with Gasteiger partial charge < -0.3 is 38.5 Å². The third-order valence-corrected chi connectivity index (χ3v) is 15.3. The molecule has 1 N–H and O–H groups in total. The first-order valence-corrected chi connectivity index (χ1v) is 29.2. The molecule has 10 rings (SSSR count). The predicted molar refractivity (Wildman–Crippen MR) is 331 cm³/mol. The van der Waals surface area contributed by atoms with Crippen LogP contribution in [-0.4, -0.2) is 69.4 Å². The number of esters is 4. The zero-order chi connectivity index (χ0) is 61.2. The van der Waals surface area contributed by atoms with E-state index in [1.165, 1.54) is 0 Å². The van der Waals surface area contributed by atoms with E-state index in [9.17, 15) is 24.0 Å². The predicted octanol–water partition coefficient (Wildman–Crippen LogP) is 13.8. The number of hydrogen-bond acceptors (Lipinski definition) is 14. The zero-order valence-corrected chi connectivity index (χ0v) is 48.4. The molecule has 1 unspecified atom stereocenters. The van der Waals surface area contributed by atoms with Gasteiger partial charge in [-0.2, -0.15) is 10.5 Å². The maximum Gasteiger partial charge on any atom is 0.343 e. The van der Waals surface area contributed by atoms with Crippen molar-refractivity contribution in [3.63, 3.8) is 0 Å². The number of carbonyl (C=O) groups is 5. The number of nitriles is 2. The molecule has 9 aromatic rings. The van der Waals surface area contributed by atoms with Crippen molar-refractivity contribution in [3.8, 4) is 57.4 Å². The van der Waals surface area contributed by atoms with E-state index in [1.807, 2.05) is 122 Å². The average molecular weight is 1170 g/mol. The van der Waals surface area contributed by atoms with Gasteiger partial charge in [-0.05, 0) is 185 Å². The van der Waals surface area contributed by atoms with Crippen LogP contribution in [0.2, 0.25) is 0 Å². The minimum atomic E-state index is -0.807. The van der Waals surface area contributed by atoms with Gasteiger partial charge >= 0.3 is 23.9 Å². The summed E-state index contributed by atoms with van der Waals surface area (Å²) in [4.78, 5) is 66.9. The Hall–Kier alpha value is -10.8. The lowest BCUT2D eigenvalue weighted by atomic mass is 9.75. The second-order valence-electron chi connectivity index (χ2n) is 21.4. The molecular weight excluding hydrogens is 1110 g/mol. The summed E-state index contributed by atoms with van der Waals surface area (Å²) in [7, 11) is 0. The van der Waals surface area contributed by atoms with Crippen LogP contribution in [0, 0.1) is 40.4 Å². The Labute approximate surface area is 509 Å². The average Bonchev–Trinajstić information content (AvgIpc) is 2.25. The fourth-order valence-corrected chi connectivity index (χ4v) is 10.5. The highest BCUT2D eigenvalue weighted by molar-refractivity contribution is 5.95. The fraction of sp³-hybridized carbons (Fsp3) is 0.219. The highest BCUT2D eigenvalue weighted by atomic mass is 16.6. The van der Waals surface area contributed by atoms with Gasteiger partial charge in [-0.1, -0.05) is 91.0 Å². The van der Waals surface area contributed by atoms with Gasteiger partial charge in [0.25, 0.3) is 5.91 Å². The van der Waals surface area contributed by atoms with Crippen LogP contribution in [0.1, 0.15) is 82.5 Å². The monoisotopic (exact) mass is 1170 g/mol. The van der Waals surface area contributed by atoms with Crippen LogP contribution in [0.5, 0.6) is 23.0 Å². The maximum atomic E-state index is 13.7. The lowest BCUT2D eigenvalue weighted by molar-refractivity contribution is -0.161. The quantitative estimate of drug-likeness (QED) is 0.0258. The molecule has 15 heteroatoms. The van der Waals surface area contributed by atoms with Crippen LogP contribution >= 0.6 is 0 Å². The molecule has 0 saturated heterocycles. The van der Waals surface area contributed by atoms with Gasteiger partial charge in [0.1, 0.15) is 36.2 Å². The maximum absolute atomic E-state index is 13.7. The summed E-state index contributed by atoms with van der Waals surface area (Å²) < 4.78 is 40.6. The lowest BCUT2D eigenvalue weighted by Crippen LogP contribution is -2.37. The number of ether oxygens (including phenoxy) is 7. The molecule has 1 fully saturated rings. The number of benzene rings is 9. The summed E-state index contributed by atoms with van der Waals surface area (Å²) in [6.45, 7) is 2.42. The second-order valence-corrected chi connectivity index (χ2v) is 21.4. The Kier molecular flexibility index (Phi) is 20.1. The molecule has 1 saturated carbocycles. The SMILES string of the molecule is C[C@H](NC(=O)c1ccc(OC(=O)c2ccc(OCCOC(=O)C3C[C@@H](C(=O)OCCCOc4ccc5cc(-c6ccc(C#N)cc6)ccc5c4)C[C@@H](C(=O)OCCCOc4ccc5cc(-c6ccc(C#N)cc6)ccc5c4)C3)cc2)cc1)c1ccccc1. The number of nitrogens with zero attached hydrogens (tertiary/aromatic N) is 2. The molecule has 0 bridgehead atoms. The lowest BCUT2D eigenvalue weighted by Gasteiger charge is -2.31. The molecular formula is C73H63N3O12. The zero-order valence-electron chi connectivity index (χ0n) is 48.4. The molecule has 0 radical (unpaired) electrons. The van der Waals surface area contributed by atoms with Gasteiger partial charge in [-0.25, -0.2) is 4.79 Å². The van der Waals surface area contributed by atoms with Gasteiger partial charge in [-0.15, -0.1) is 0 Å². The van der Waals surface area contributed by atoms with Gasteiger partial charge in [0.2, 0.25) is 0 Å². The number of rotatable bonds is 24. The summed E-state index contributed by atoms with van der Waals surface area (Å²) in [5.41, 5.74) is 6.93. The fourth-order valence-electron chi connectivity index (χ4n) is 10.5. The third kappa shape index (κ3) is 16.1. The number of amides is 1. The van der Waals surface area contributed by atoms with Crippen LogP contribution in [0.4, 0.5) is 0 Å². The molecule has 0 aromatic heterocycles. The molecule has 4 atom stereocenters. The van der Waals surface area contributed by atoms with Gasteiger partial charge in [0.05, 0.1) is 79.1 Å². The standard InChI is InChI=1S/C73H63N3O12/c1-48(51-7-3-2-4-8-51)76-69(77)54-21-29-66(30-22-54)88-73(81)55-23-27-65(28-24-55)84-37-38-87-72(80)64-42-62(70(78)85-35-5-33-82-67-31-25-58-39-56(17-19-60(58)44-67)52-13-9-49(46-74)10-14-52)41-63(43-64)71(79)86-36-6-34-83-68-32-26-59-40-57(18-20-61(59)45-68)53-15-11-50(47-75)12-16-53/h2-4,7-32,39-40,44-45,48,62-64H,5-6,33-38,41-43H2,1H3,(H,76,77)/t48-,62-,63+,64?/m0/s1. The third-order valence-electron chi connectivity index (χ3n) is 15.3. The van der Waals surface area contributed by atoms with E-state index in [1.54, 1.807) is 72.8 Å². The topological polar surface area (TPSA) is 210 Å². The van der Waals surface area contributed by atoms with Crippen molar-refractivity contribution < 1.29 is 57.1 Å². The van der Waals surface area contributed by atoms with Crippen LogP contribution in [0.3, 0.4) is 0 Å². The molecule has 1 aliphatic rings. The Morgan fingerprint density at radius 3 is 1.33 bits per heavy atom. The van der Waals surface area contributed by atoms with E-state index in [-0.39, 0.29) is 82.2 Å². The Balaban J connectivity index is 0.689. The smallest absolute Gasteiger partial charge is 0.343 e. The highest BCUT2D eigenvalue weighted by Crippen LogP contribution is 2.37. The number of carbonyl (C=O) groups excluding carboxylic acids is 5. The summed E-state index contributed by atoms with van der Waals surface area (Å²) in [5, 5.41) is 25.3. The molecule has 15 nitrogen and oxygen atoms in total. The van der Waals surface area contributed by atoms with Gasteiger partial charge in [-0.3, -0.25) is 19.2 Å². The van der Waals surface area contributed by atoms with E-state index >= 15 is 0 Å². The van der Waals surface area contributed by atoms with Crippen LogP contribution in [0.15, 0.2) is 200 Å². The molecule has 0 aliphatic heterocycles. The first kappa shape index (κ1) is 60.4. The van der Waals surface area contributed by atoms with E-state index in [0.29, 0.717) is 46.8 Å². The Bertz CT molecular complexity index is 3840. The highest BCUT2D eigenvalue weighted by Gasteiger charge is 2.41. The minimum Gasteiger partial charge on any atom is -0.493 e. The number of nitrogens with one attached hydrogen (secondary N) is 1. The molecule has 1 aliphatic carbocycles. The summed E-state index contributed by atoms with van der Waals surface area (Å²) >= 11 is 0. The van der Waals surface area contributed by atoms with E-state index < -0.39 is 41.6 Å². The van der Waals surface area contributed by atoms with Crippen molar-refractivity contribution in [1.29, 1.82) is 10.5 Å². The van der Waals surface area contributed by atoms with Gasteiger partial charge in [0.15, 0.2) is 0 Å². The van der Waals surface area contributed by atoms with E-state index in [2.05, 4.69) is 29.6 Å². The summed E-state index contributed by atoms with van der Waals surface area (Å²) in [6, 6.07) is 65.0. The first-order valence-electron chi connectivity index (χ1n) is 29.2. The molecule has 1 amide bonds. The molecule has 442 valence electrons. The van der Waals surface area contributed by atoms with Crippen molar-refractivity contribution in [2.24, 2.45) is 17.8 Å².